The number of amides is 2. The Morgan fingerprint density at radius 2 is 1.60 bits per heavy atom. The normalized spacial score (nSPS) is 11.2. The maximum Gasteiger partial charge on any atom is 0.238 e. The molecule has 0 radical (unpaired) electrons. The van der Waals surface area contributed by atoms with Crippen LogP contribution in [0.2, 0.25) is 0 Å². The van der Waals surface area contributed by atoms with Gasteiger partial charge in [0.05, 0.1) is 13.1 Å². The highest BCUT2D eigenvalue weighted by atomic mass is 16.2. The van der Waals surface area contributed by atoms with Crippen LogP contribution in [0.15, 0.2) is 30.3 Å². The van der Waals surface area contributed by atoms with Crippen LogP contribution in [0.5, 0.6) is 0 Å². The molecule has 1 rings (SSSR count). The first-order chi connectivity index (χ1) is 9.26. The molecule has 0 bridgehead atoms. The third kappa shape index (κ3) is 6.89. The fourth-order valence-corrected chi connectivity index (χ4v) is 1.73. The number of likely N-dealkylation sites (N-methyl/N-ethyl adjacent to an activating group) is 1. The maximum absolute atomic E-state index is 11.8. The van der Waals surface area contributed by atoms with Crippen molar-refractivity contribution >= 4 is 17.5 Å². The van der Waals surface area contributed by atoms with E-state index in [1.54, 1.807) is 11.9 Å². The molecule has 0 heterocycles. The molecule has 0 aliphatic rings. The molecule has 1 aromatic carbocycles. The number of rotatable bonds is 5. The third-order valence-electron chi connectivity index (χ3n) is 2.40. The van der Waals surface area contributed by atoms with E-state index in [9.17, 15) is 9.59 Å². The largest absolute Gasteiger partial charge is 0.350 e. The van der Waals surface area contributed by atoms with Gasteiger partial charge in [0.25, 0.3) is 0 Å². The zero-order valence-corrected chi connectivity index (χ0v) is 12.6. The van der Waals surface area contributed by atoms with Gasteiger partial charge in [-0.05, 0) is 40.0 Å². The van der Waals surface area contributed by atoms with Crippen LogP contribution in [-0.2, 0) is 9.59 Å². The van der Waals surface area contributed by atoms with Crippen molar-refractivity contribution in [3.63, 3.8) is 0 Å². The fraction of sp³-hybridized carbons (Fsp3) is 0.467. The van der Waals surface area contributed by atoms with Gasteiger partial charge in [0.15, 0.2) is 0 Å². The molecule has 0 saturated heterocycles. The average Bonchev–Trinajstić information content (AvgIpc) is 2.26. The van der Waals surface area contributed by atoms with Gasteiger partial charge in [-0.3, -0.25) is 14.5 Å². The topological polar surface area (TPSA) is 61.4 Å². The van der Waals surface area contributed by atoms with E-state index in [0.29, 0.717) is 0 Å². The molecule has 0 unspecified atom stereocenters. The summed E-state index contributed by atoms with van der Waals surface area (Å²) in [4.78, 5) is 25.2. The molecule has 0 aromatic heterocycles. The quantitative estimate of drug-likeness (QED) is 0.857. The number of hydrogen-bond donors (Lipinski definition) is 2. The Balaban J connectivity index is 2.37. The molecule has 110 valence electrons. The summed E-state index contributed by atoms with van der Waals surface area (Å²) in [5.41, 5.74) is 0.495. The number of anilines is 1. The first-order valence-electron chi connectivity index (χ1n) is 6.61. The lowest BCUT2D eigenvalue weighted by Gasteiger charge is -2.23. The van der Waals surface area contributed by atoms with Crippen LogP contribution in [0.4, 0.5) is 5.69 Å². The van der Waals surface area contributed by atoms with Gasteiger partial charge >= 0.3 is 0 Å². The van der Waals surface area contributed by atoms with Crippen LogP contribution in [0, 0.1) is 0 Å². The molecule has 5 heteroatoms. The molecule has 1 aromatic rings. The van der Waals surface area contributed by atoms with Gasteiger partial charge in [0.2, 0.25) is 11.8 Å². The summed E-state index contributed by atoms with van der Waals surface area (Å²) >= 11 is 0. The van der Waals surface area contributed by atoms with Crippen LogP contribution in [-0.4, -0.2) is 42.4 Å². The van der Waals surface area contributed by atoms with Crippen molar-refractivity contribution < 1.29 is 9.59 Å². The monoisotopic (exact) mass is 277 g/mol. The second kappa shape index (κ2) is 7.05. The van der Waals surface area contributed by atoms with E-state index in [4.69, 9.17) is 0 Å². The first kappa shape index (κ1) is 16.2. The summed E-state index contributed by atoms with van der Waals surface area (Å²) in [7, 11) is 1.74. The number of para-hydroxylation sites is 1. The minimum atomic E-state index is -0.260. The van der Waals surface area contributed by atoms with Gasteiger partial charge in [0, 0.05) is 11.2 Å². The highest BCUT2D eigenvalue weighted by Gasteiger charge is 2.16. The Morgan fingerprint density at radius 1 is 1.05 bits per heavy atom. The highest BCUT2D eigenvalue weighted by Crippen LogP contribution is 2.04. The lowest BCUT2D eigenvalue weighted by atomic mass is 10.1. The highest BCUT2D eigenvalue weighted by molar-refractivity contribution is 5.92. The van der Waals surface area contributed by atoms with E-state index < -0.39 is 0 Å². The number of carbonyl (C=O) groups excluding carboxylic acids is 2. The van der Waals surface area contributed by atoms with Crippen molar-refractivity contribution in [3.8, 4) is 0 Å². The van der Waals surface area contributed by atoms with E-state index in [0.717, 1.165) is 5.69 Å². The van der Waals surface area contributed by atoms with Crippen molar-refractivity contribution in [1.82, 2.24) is 10.2 Å². The summed E-state index contributed by atoms with van der Waals surface area (Å²) < 4.78 is 0. The molecular weight excluding hydrogens is 254 g/mol. The van der Waals surface area contributed by atoms with Crippen molar-refractivity contribution in [2.75, 3.05) is 25.5 Å². The second-order valence-electron chi connectivity index (χ2n) is 5.88. The summed E-state index contributed by atoms with van der Waals surface area (Å²) in [5, 5.41) is 5.64. The molecule has 2 N–H and O–H groups in total. The van der Waals surface area contributed by atoms with E-state index in [1.807, 2.05) is 51.1 Å². The van der Waals surface area contributed by atoms with Crippen molar-refractivity contribution in [3.05, 3.63) is 30.3 Å². The summed E-state index contributed by atoms with van der Waals surface area (Å²) in [6.07, 6.45) is 0. The summed E-state index contributed by atoms with van der Waals surface area (Å²) in [6.45, 7) is 6.14. The van der Waals surface area contributed by atoms with Crippen LogP contribution in [0.1, 0.15) is 20.8 Å². The molecule has 0 fully saturated rings. The molecule has 0 aliphatic heterocycles. The zero-order valence-electron chi connectivity index (χ0n) is 12.6. The minimum absolute atomic E-state index is 0.0903. The molecule has 20 heavy (non-hydrogen) atoms. The number of nitrogens with one attached hydrogen (secondary N) is 2. The summed E-state index contributed by atoms with van der Waals surface area (Å²) in [6, 6.07) is 9.25. The van der Waals surface area contributed by atoms with Crippen molar-refractivity contribution in [2.45, 2.75) is 26.3 Å². The number of benzene rings is 1. The SMILES string of the molecule is CN(CC(=O)Nc1ccccc1)CC(=O)NC(C)(C)C. The van der Waals surface area contributed by atoms with Crippen LogP contribution in [0.25, 0.3) is 0 Å². The van der Waals surface area contributed by atoms with Crippen molar-refractivity contribution in [1.29, 1.82) is 0 Å². The lowest BCUT2D eigenvalue weighted by Crippen LogP contribution is -2.46. The van der Waals surface area contributed by atoms with Crippen LogP contribution < -0.4 is 10.6 Å². The predicted octanol–water partition coefficient (Wildman–Crippen LogP) is 1.47. The number of hydrogen-bond acceptors (Lipinski definition) is 3. The third-order valence-corrected chi connectivity index (χ3v) is 2.40. The Bertz CT molecular complexity index is 452. The fourth-order valence-electron chi connectivity index (χ4n) is 1.73. The van der Waals surface area contributed by atoms with Gasteiger partial charge in [-0.25, -0.2) is 0 Å². The standard InChI is InChI=1S/C15H23N3O2/c1-15(2,3)17-14(20)11-18(4)10-13(19)16-12-8-6-5-7-9-12/h5-9H,10-11H2,1-4H3,(H,16,19)(H,17,20). The second-order valence-corrected chi connectivity index (χ2v) is 5.88. The van der Waals surface area contributed by atoms with Crippen LogP contribution in [0.3, 0.4) is 0 Å². The minimum Gasteiger partial charge on any atom is -0.350 e. The van der Waals surface area contributed by atoms with Gasteiger partial charge in [0.1, 0.15) is 0 Å². The van der Waals surface area contributed by atoms with Gasteiger partial charge in [-0.2, -0.15) is 0 Å². The zero-order chi connectivity index (χ0) is 15.2. The lowest BCUT2D eigenvalue weighted by molar-refractivity contribution is -0.124. The maximum atomic E-state index is 11.8. The van der Waals surface area contributed by atoms with E-state index in [-0.39, 0.29) is 30.4 Å². The molecule has 0 saturated carbocycles. The molecule has 0 atom stereocenters. The van der Waals surface area contributed by atoms with E-state index >= 15 is 0 Å². The Kier molecular flexibility index (Phi) is 5.70. The summed E-state index contributed by atoms with van der Waals surface area (Å²) in [5.74, 6) is -0.227. The molecular formula is C15H23N3O2. The van der Waals surface area contributed by atoms with Crippen molar-refractivity contribution in [2.24, 2.45) is 0 Å². The predicted molar refractivity (Wildman–Crippen MR) is 80.5 cm³/mol. The van der Waals surface area contributed by atoms with Gasteiger partial charge in [-0.15, -0.1) is 0 Å². The van der Waals surface area contributed by atoms with Gasteiger partial charge in [-0.1, -0.05) is 18.2 Å². The van der Waals surface area contributed by atoms with E-state index in [1.165, 1.54) is 0 Å². The Labute approximate surface area is 120 Å². The Morgan fingerprint density at radius 3 is 2.15 bits per heavy atom. The smallest absolute Gasteiger partial charge is 0.238 e. The Hall–Kier alpha value is -1.88. The van der Waals surface area contributed by atoms with Crippen LogP contribution >= 0.6 is 0 Å². The molecule has 5 nitrogen and oxygen atoms in total. The van der Waals surface area contributed by atoms with Gasteiger partial charge < -0.3 is 10.6 Å². The molecule has 0 spiro atoms. The molecule has 0 aliphatic carbocycles. The molecule has 2 amide bonds. The van der Waals surface area contributed by atoms with E-state index in [2.05, 4.69) is 10.6 Å². The number of nitrogens with zero attached hydrogens (tertiary/aromatic N) is 1. The average molecular weight is 277 g/mol. The number of carbonyl (C=O) groups is 2. The first-order valence-corrected chi connectivity index (χ1v) is 6.61.